The molecule has 3 aromatic rings. The molecule has 0 aliphatic heterocycles. The van der Waals surface area contributed by atoms with Gasteiger partial charge in [-0.2, -0.15) is 5.26 Å². The van der Waals surface area contributed by atoms with Crippen LogP contribution < -0.4 is 5.73 Å². The molecule has 6 nitrogen and oxygen atoms in total. The number of pyridine rings is 1. The number of aromatic nitrogens is 2. The number of nitrogens with zero attached hydrogens (tertiary/aromatic N) is 4. The Kier molecular flexibility index (Phi) is 6.91. The van der Waals surface area contributed by atoms with E-state index in [4.69, 9.17) is 39.9 Å². The van der Waals surface area contributed by atoms with Gasteiger partial charge in [0, 0.05) is 11.3 Å². The van der Waals surface area contributed by atoms with Gasteiger partial charge in [0.25, 0.3) is 0 Å². The molecule has 1 aliphatic rings. The Labute approximate surface area is 200 Å². The maximum absolute atomic E-state index is 9.93. The molecule has 9 heteroatoms. The van der Waals surface area contributed by atoms with Gasteiger partial charge in [0.15, 0.2) is 0 Å². The average molecular weight is 484 g/mol. The second kappa shape index (κ2) is 9.83. The highest BCUT2D eigenvalue weighted by molar-refractivity contribution is 7.98. The van der Waals surface area contributed by atoms with Crippen LogP contribution in [-0.2, 0) is 5.75 Å². The second-order valence-electron chi connectivity index (χ2n) is 7.56. The number of rotatable bonds is 5. The summed E-state index contributed by atoms with van der Waals surface area (Å²) >= 11 is 13.4. The van der Waals surface area contributed by atoms with Gasteiger partial charge in [0.05, 0.1) is 27.9 Å². The summed E-state index contributed by atoms with van der Waals surface area (Å²) < 4.78 is 5.59. The summed E-state index contributed by atoms with van der Waals surface area (Å²) in [6.45, 7) is 7.58. The quantitative estimate of drug-likeness (QED) is 0.300. The largest absolute Gasteiger partial charge is 0.444 e. The van der Waals surface area contributed by atoms with Crippen LogP contribution >= 0.6 is 35.0 Å². The van der Waals surface area contributed by atoms with E-state index in [1.54, 1.807) is 24.5 Å². The molecule has 0 amide bonds. The van der Waals surface area contributed by atoms with E-state index in [0.29, 0.717) is 43.7 Å². The van der Waals surface area contributed by atoms with Crippen LogP contribution in [0.3, 0.4) is 0 Å². The SMILES string of the molecule is [C-]#[N+]c1c(N)nc(SCc2coc(-c3ccc(Cl)c(Cl)c3)n2)c(C#N)c1C1CCCCC1. The molecule has 2 N–H and O–H groups in total. The van der Waals surface area contributed by atoms with E-state index in [1.165, 1.54) is 18.2 Å². The Bertz CT molecular complexity index is 1240. The van der Waals surface area contributed by atoms with Gasteiger partial charge in [0.2, 0.25) is 11.6 Å². The molecule has 1 saturated carbocycles. The predicted molar refractivity (Wildman–Crippen MR) is 127 cm³/mol. The molecule has 2 aromatic heterocycles. The molecule has 4 rings (SSSR count). The molecule has 1 fully saturated rings. The summed E-state index contributed by atoms with van der Waals surface area (Å²) in [4.78, 5) is 12.5. The number of halogens is 2. The van der Waals surface area contributed by atoms with Crippen molar-refractivity contribution < 1.29 is 4.42 Å². The first-order valence-corrected chi connectivity index (χ1v) is 11.9. The molecule has 0 radical (unpaired) electrons. The van der Waals surface area contributed by atoms with Gasteiger partial charge in [-0.15, -0.1) is 0 Å². The van der Waals surface area contributed by atoms with Crippen LogP contribution in [0, 0.1) is 17.9 Å². The fraction of sp³-hybridized carbons (Fsp3) is 0.304. The summed E-state index contributed by atoms with van der Waals surface area (Å²) in [6.07, 6.45) is 6.85. The van der Waals surface area contributed by atoms with Gasteiger partial charge in [-0.3, -0.25) is 0 Å². The highest BCUT2D eigenvalue weighted by Crippen LogP contribution is 2.44. The van der Waals surface area contributed by atoms with Crippen molar-refractivity contribution in [3.63, 3.8) is 0 Å². The van der Waals surface area contributed by atoms with E-state index < -0.39 is 0 Å². The Hall–Kier alpha value is -2.71. The first kappa shape index (κ1) is 22.5. The Morgan fingerprint density at radius 1 is 1.22 bits per heavy atom. The fourth-order valence-electron chi connectivity index (χ4n) is 3.99. The lowest BCUT2D eigenvalue weighted by Gasteiger charge is -2.25. The molecule has 0 spiro atoms. The molecule has 0 saturated heterocycles. The van der Waals surface area contributed by atoms with Gasteiger partial charge in [-0.05, 0) is 42.5 Å². The predicted octanol–water partition coefficient (Wildman–Crippen LogP) is 7.39. The lowest BCUT2D eigenvalue weighted by atomic mass is 9.82. The highest BCUT2D eigenvalue weighted by atomic mass is 35.5. The zero-order valence-electron chi connectivity index (χ0n) is 17.1. The van der Waals surface area contributed by atoms with Crippen molar-refractivity contribution in [3.8, 4) is 17.5 Å². The fourth-order valence-corrected chi connectivity index (χ4v) is 5.16. The van der Waals surface area contributed by atoms with Gasteiger partial charge in [0.1, 0.15) is 23.2 Å². The Morgan fingerprint density at radius 3 is 2.69 bits per heavy atom. The number of anilines is 1. The van der Waals surface area contributed by atoms with Crippen LogP contribution in [0.4, 0.5) is 11.5 Å². The van der Waals surface area contributed by atoms with Crippen molar-refractivity contribution in [2.75, 3.05) is 5.73 Å². The Morgan fingerprint density at radius 2 is 2.00 bits per heavy atom. The molecular weight excluding hydrogens is 465 g/mol. The minimum absolute atomic E-state index is 0.167. The van der Waals surface area contributed by atoms with Crippen LogP contribution in [0.15, 0.2) is 33.9 Å². The van der Waals surface area contributed by atoms with E-state index in [2.05, 4.69) is 20.9 Å². The third kappa shape index (κ3) is 4.56. The van der Waals surface area contributed by atoms with Crippen LogP contribution in [0.2, 0.25) is 10.0 Å². The highest BCUT2D eigenvalue weighted by Gasteiger charge is 2.27. The first-order valence-electron chi connectivity index (χ1n) is 10.1. The van der Waals surface area contributed by atoms with Crippen molar-refractivity contribution in [3.05, 3.63) is 62.7 Å². The summed E-state index contributed by atoms with van der Waals surface area (Å²) in [5.74, 6) is 1.21. The van der Waals surface area contributed by atoms with Gasteiger partial charge < -0.3 is 10.2 Å². The van der Waals surface area contributed by atoms with Gasteiger partial charge in [-0.1, -0.05) is 54.2 Å². The topological polar surface area (TPSA) is 93.1 Å². The molecular formula is C23H19Cl2N5OS. The second-order valence-corrected chi connectivity index (χ2v) is 9.34. The van der Waals surface area contributed by atoms with E-state index in [0.717, 1.165) is 36.8 Å². The molecule has 0 atom stereocenters. The molecule has 1 aromatic carbocycles. The van der Waals surface area contributed by atoms with Crippen molar-refractivity contribution in [2.45, 2.75) is 48.8 Å². The minimum atomic E-state index is 0.167. The lowest BCUT2D eigenvalue weighted by Crippen LogP contribution is -2.10. The molecule has 162 valence electrons. The van der Waals surface area contributed by atoms with Crippen LogP contribution in [0.1, 0.15) is 54.8 Å². The number of benzene rings is 1. The maximum Gasteiger partial charge on any atom is 0.232 e. The summed E-state index contributed by atoms with van der Waals surface area (Å²) in [5.41, 5.74) is 9.07. The molecule has 0 unspecified atom stereocenters. The summed E-state index contributed by atoms with van der Waals surface area (Å²) in [6, 6.07) is 7.46. The molecule has 0 bridgehead atoms. The van der Waals surface area contributed by atoms with E-state index >= 15 is 0 Å². The van der Waals surface area contributed by atoms with Crippen molar-refractivity contribution >= 4 is 46.5 Å². The number of hydrogen-bond acceptors (Lipinski definition) is 6. The van der Waals surface area contributed by atoms with E-state index in [1.807, 2.05) is 0 Å². The normalized spacial score (nSPS) is 14.1. The van der Waals surface area contributed by atoms with Gasteiger partial charge in [-0.25, -0.2) is 14.8 Å². The zero-order chi connectivity index (χ0) is 22.7. The standard InChI is InChI=1S/C23H19Cl2N5OS/c1-28-20-19(13-5-3-2-4-6-13)16(10-26)23(30-21(20)27)32-12-15-11-31-22(29-15)14-7-8-17(24)18(25)9-14/h7-9,11,13H,2-6,12H2,(H2,27,30). The smallest absolute Gasteiger partial charge is 0.232 e. The van der Waals surface area contributed by atoms with E-state index in [-0.39, 0.29) is 11.7 Å². The molecule has 1 aliphatic carbocycles. The van der Waals surface area contributed by atoms with Crippen LogP contribution in [0.5, 0.6) is 0 Å². The number of thioether (sulfide) groups is 1. The average Bonchev–Trinajstić information content (AvgIpc) is 3.28. The van der Waals surface area contributed by atoms with Gasteiger partial charge >= 0.3 is 0 Å². The first-order chi connectivity index (χ1) is 15.5. The number of hydrogen-bond donors (Lipinski definition) is 1. The van der Waals surface area contributed by atoms with Crippen molar-refractivity contribution in [1.29, 1.82) is 5.26 Å². The molecule has 2 heterocycles. The zero-order valence-corrected chi connectivity index (χ0v) is 19.4. The van der Waals surface area contributed by atoms with Crippen molar-refractivity contribution in [2.24, 2.45) is 0 Å². The third-order valence-electron chi connectivity index (χ3n) is 5.52. The third-order valence-corrected chi connectivity index (χ3v) is 7.26. The maximum atomic E-state index is 9.93. The van der Waals surface area contributed by atoms with E-state index in [9.17, 15) is 5.26 Å². The van der Waals surface area contributed by atoms with Crippen LogP contribution in [0.25, 0.3) is 16.3 Å². The number of nitriles is 1. The Balaban J connectivity index is 1.60. The monoisotopic (exact) mass is 483 g/mol. The molecule has 32 heavy (non-hydrogen) atoms. The van der Waals surface area contributed by atoms with Crippen LogP contribution in [-0.4, -0.2) is 9.97 Å². The lowest BCUT2D eigenvalue weighted by molar-refractivity contribution is 0.443. The number of nitrogens with two attached hydrogens (primary N) is 1. The summed E-state index contributed by atoms with van der Waals surface area (Å²) in [7, 11) is 0. The number of nitrogen functional groups attached to an aromatic ring is 1. The minimum Gasteiger partial charge on any atom is -0.444 e. The summed E-state index contributed by atoms with van der Waals surface area (Å²) in [5, 5.41) is 11.3. The van der Waals surface area contributed by atoms with Crippen molar-refractivity contribution in [1.82, 2.24) is 9.97 Å². The number of oxazole rings is 1.